The molecule has 0 radical (unpaired) electrons. The molecule has 19 heavy (non-hydrogen) atoms. The van der Waals surface area contributed by atoms with E-state index in [0.29, 0.717) is 12.2 Å². The molecule has 0 aliphatic heterocycles. The van der Waals surface area contributed by atoms with Gasteiger partial charge >= 0.3 is 0 Å². The summed E-state index contributed by atoms with van der Waals surface area (Å²) in [5.41, 5.74) is 6.01. The molecule has 0 aliphatic carbocycles. The summed E-state index contributed by atoms with van der Waals surface area (Å²) in [6.45, 7) is 5.62. The van der Waals surface area contributed by atoms with Crippen LogP contribution in [-0.4, -0.2) is 24.4 Å². The van der Waals surface area contributed by atoms with E-state index in [1.165, 1.54) is 6.07 Å². The number of hydrogen-bond donors (Lipinski definition) is 3. The number of primary amides is 1. The summed E-state index contributed by atoms with van der Waals surface area (Å²) < 4.78 is 0. The van der Waals surface area contributed by atoms with Crippen molar-refractivity contribution in [2.75, 3.05) is 11.9 Å². The van der Waals surface area contributed by atoms with Crippen LogP contribution in [0.5, 0.6) is 0 Å². The maximum absolute atomic E-state index is 11.7. The Morgan fingerprint density at radius 3 is 2.79 bits per heavy atom. The molecule has 1 rings (SSSR count). The van der Waals surface area contributed by atoms with Crippen molar-refractivity contribution >= 4 is 29.1 Å². The highest BCUT2D eigenvalue weighted by molar-refractivity contribution is 6.33. The lowest BCUT2D eigenvalue weighted by Crippen LogP contribution is -2.37. The lowest BCUT2D eigenvalue weighted by Gasteiger charge is -2.15. The third-order valence-corrected chi connectivity index (χ3v) is 2.76. The number of hydrogen-bond acceptors (Lipinski definition) is 3. The summed E-state index contributed by atoms with van der Waals surface area (Å²) in [6, 6.07) is 4.29. The third kappa shape index (κ3) is 4.30. The lowest BCUT2D eigenvalue weighted by atomic mass is 10.1. The number of amides is 2. The first-order chi connectivity index (χ1) is 8.95. The van der Waals surface area contributed by atoms with Crippen LogP contribution in [0.4, 0.5) is 5.69 Å². The lowest BCUT2D eigenvalue weighted by molar-refractivity contribution is -0.121. The van der Waals surface area contributed by atoms with Gasteiger partial charge in [-0.15, -0.1) is 6.58 Å². The van der Waals surface area contributed by atoms with E-state index in [4.69, 9.17) is 17.3 Å². The van der Waals surface area contributed by atoms with E-state index in [-0.39, 0.29) is 16.5 Å². The number of halogens is 1. The molecule has 0 aliphatic rings. The molecule has 0 aromatic heterocycles. The van der Waals surface area contributed by atoms with Crippen LogP contribution in [0.15, 0.2) is 30.9 Å². The van der Waals surface area contributed by atoms with Crippen LogP contribution in [0.1, 0.15) is 17.3 Å². The smallest absolute Gasteiger partial charge is 0.250 e. The fraction of sp³-hybridized carbons (Fsp3) is 0.231. The van der Waals surface area contributed by atoms with E-state index in [2.05, 4.69) is 17.2 Å². The van der Waals surface area contributed by atoms with Crippen LogP contribution in [-0.2, 0) is 4.79 Å². The molecule has 6 heteroatoms. The van der Waals surface area contributed by atoms with Gasteiger partial charge in [0.15, 0.2) is 0 Å². The molecule has 0 heterocycles. The van der Waals surface area contributed by atoms with Crippen molar-refractivity contribution in [3.8, 4) is 0 Å². The summed E-state index contributed by atoms with van der Waals surface area (Å²) in [4.78, 5) is 22.8. The molecule has 5 nitrogen and oxygen atoms in total. The molecule has 102 valence electrons. The Balaban J connectivity index is 2.77. The standard InChI is InChI=1S/C13H16ClN3O2/c1-3-6-16-13(19)8(2)17-9-4-5-11(14)10(7-9)12(15)18/h3-5,7-8,17H,1,6H2,2H3,(H2,15,18)(H,16,19)/t8-/m1/s1. The maximum atomic E-state index is 11.7. The summed E-state index contributed by atoms with van der Waals surface area (Å²) >= 11 is 5.84. The summed E-state index contributed by atoms with van der Waals surface area (Å²) in [6.07, 6.45) is 1.60. The van der Waals surface area contributed by atoms with Crippen molar-refractivity contribution in [2.24, 2.45) is 5.73 Å². The van der Waals surface area contributed by atoms with E-state index in [1.807, 2.05) is 0 Å². The second-order valence-corrected chi connectivity index (χ2v) is 4.37. The molecule has 0 bridgehead atoms. The Bertz CT molecular complexity index is 503. The fourth-order valence-corrected chi connectivity index (χ4v) is 1.66. The first-order valence-electron chi connectivity index (χ1n) is 5.70. The minimum absolute atomic E-state index is 0.171. The van der Waals surface area contributed by atoms with Gasteiger partial charge in [-0.25, -0.2) is 0 Å². The highest BCUT2D eigenvalue weighted by atomic mass is 35.5. The minimum atomic E-state index is -0.614. The predicted molar refractivity (Wildman–Crippen MR) is 76.3 cm³/mol. The van der Waals surface area contributed by atoms with Crippen molar-refractivity contribution in [1.29, 1.82) is 0 Å². The second-order valence-electron chi connectivity index (χ2n) is 3.96. The van der Waals surface area contributed by atoms with Gasteiger partial charge in [0.05, 0.1) is 10.6 Å². The number of benzene rings is 1. The Labute approximate surface area is 116 Å². The zero-order valence-corrected chi connectivity index (χ0v) is 11.3. The van der Waals surface area contributed by atoms with Crippen molar-refractivity contribution in [1.82, 2.24) is 5.32 Å². The molecule has 4 N–H and O–H groups in total. The highest BCUT2D eigenvalue weighted by Gasteiger charge is 2.13. The van der Waals surface area contributed by atoms with E-state index < -0.39 is 11.9 Å². The molecule has 0 spiro atoms. The molecule has 0 fully saturated rings. The van der Waals surface area contributed by atoms with Gasteiger partial charge in [-0.05, 0) is 25.1 Å². The van der Waals surface area contributed by atoms with Crippen LogP contribution in [0.25, 0.3) is 0 Å². The van der Waals surface area contributed by atoms with Crippen molar-refractivity contribution in [3.05, 3.63) is 41.4 Å². The number of rotatable bonds is 6. The zero-order chi connectivity index (χ0) is 14.4. The van der Waals surface area contributed by atoms with Crippen molar-refractivity contribution in [2.45, 2.75) is 13.0 Å². The summed E-state index contributed by atoms with van der Waals surface area (Å²) in [5, 5.41) is 5.90. The maximum Gasteiger partial charge on any atom is 0.250 e. The van der Waals surface area contributed by atoms with Gasteiger partial charge in [0.1, 0.15) is 6.04 Å². The second kappa shape index (κ2) is 6.80. The largest absolute Gasteiger partial charge is 0.374 e. The molecule has 1 aromatic rings. The van der Waals surface area contributed by atoms with E-state index in [0.717, 1.165) is 0 Å². The Kier molecular flexibility index (Phi) is 5.38. The normalized spacial score (nSPS) is 11.5. The molecule has 1 aromatic carbocycles. The number of carbonyl (C=O) groups excluding carboxylic acids is 2. The highest BCUT2D eigenvalue weighted by Crippen LogP contribution is 2.20. The minimum Gasteiger partial charge on any atom is -0.374 e. The van der Waals surface area contributed by atoms with E-state index in [9.17, 15) is 9.59 Å². The first kappa shape index (κ1) is 15.0. The zero-order valence-electron chi connectivity index (χ0n) is 10.6. The molecular weight excluding hydrogens is 266 g/mol. The third-order valence-electron chi connectivity index (χ3n) is 2.43. The van der Waals surface area contributed by atoms with E-state index >= 15 is 0 Å². The van der Waals surface area contributed by atoms with E-state index in [1.54, 1.807) is 25.1 Å². The molecule has 0 saturated carbocycles. The van der Waals surface area contributed by atoms with Crippen LogP contribution in [0, 0.1) is 0 Å². The summed E-state index contributed by atoms with van der Waals surface area (Å²) in [5.74, 6) is -0.784. The van der Waals surface area contributed by atoms with Crippen LogP contribution < -0.4 is 16.4 Å². The predicted octanol–water partition coefficient (Wildman–Crippen LogP) is 1.54. The number of carbonyl (C=O) groups is 2. The average Bonchev–Trinajstić information content (AvgIpc) is 2.37. The Morgan fingerprint density at radius 1 is 1.53 bits per heavy atom. The SMILES string of the molecule is C=CCNC(=O)[C@@H](C)Nc1ccc(Cl)c(C(N)=O)c1. The van der Waals surface area contributed by atoms with Crippen molar-refractivity contribution in [3.63, 3.8) is 0 Å². The Hall–Kier alpha value is -2.01. The number of nitrogens with one attached hydrogen (secondary N) is 2. The van der Waals surface area contributed by atoms with Crippen LogP contribution >= 0.6 is 11.6 Å². The van der Waals surface area contributed by atoms with Gasteiger partial charge < -0.3 is 16.4 Å². The van der Waals surface area contributed by atoms with Gasteiger partial charge in [0.2, 0.25) is 11.8 Å². The fourth-order valence-electron chi connectivity index (χ4n) is 1.45. The molecule has 1 atom stereocenters. The van der Waals surface area contributed by atoms with Gasteiger partial charge in [0, 0.05) is 12.2 Å². The van der Waals surface area contributed by atoms with Gasteiger partial charge in [0.25, 0.3) is 0 Å². The van der Waals surface area contributed by atoms with Gasteiger partial charge in [-0.3, -0.25) is 9.59 Å². The Morgan fingerprint density at radius 2 is 2.21 bits per heavy atom. The van der Waals surface area contributed by atoms with Crippen LogP contribution in [0.2, 0.25) is 5.02 Å². The van der Waals surface area contributed by atoms with Gasteiger partial charge in [-0.2, -0.15) is 0 Å². The van der Waals surface area contributed by atoms with Gasteiger partial charge in [-0.1, -0.05) is 17.7 Å². The molecular formula is C13H16ClN3O2. The van der Waals surface area contributed by atoms with Crippen LogP contribution in [0.3, 0.4) is 0 Å². The number of anilines is 1. The number of nitrogens with two attached hydrogens (primary N) is 1. The monoisotopic (exact) mass is 281 g/mol. The molecule has 0 unspecified atom stereocenters. The molecule has 0 saturated heterocycles. The molecule has 2 amide bonds. The first-order valence-corrected chi connectivity index (χ1v) is 6.08. The topological polar surface area (TPSA) is 84.2 Å². The summed E-state index contributed by atoms with van der Waals surface area (Å²) in [7, 11) is 0. The quantitative estimate of drug-likeness (QED) is 0.692. The average molecular weight is 282 g/mol. The van der Waals surface area contributed by atoms with Crippen molar-refractivity contribution < 1.29 is 9.59 Å².